The summed E-state index contributed by atoms with van der Waals surface area (Å²) in [4.78, 5) is 18.9. The van der Waals surface area contributed by atoms with Gasteiger partial charge in [0.1, 0.15) is 17.3 Å². The van der Waals surface area contributed by atoms with E-state index in [1.165, 1.54) is 6.07 Å². The third kappa shape index (κ3) is 2.78. The maximum Gasteiger partial charge on any atom is 0.275 e. The van der Waals surface area contributed by atoms with Crippen LogP contribution < -0.4 is 5.32 Å². The van der Waals surface area contributed by atoms with Crippen molar-refractivity contribution in [2.75, 3.05) is 5.32 Å². The molecule has 1 amide bonds. The Balaban J connectivity index is 2.16. The first kappa shape index (κ1) is 12.4. The monoisotopic (exact) mass is 269 g/mol. The molecule has 0 saturated carbocycles. The van der Waals surface area contributed by atoms with Crippen LogP contribution in [-0.2, 0) is 0 Å². The van der Waals surface area contributed by atoms with E-state index in [1.807, 2.05) is 0 Å². The lowest BCUT2D eigenvalue weighted by Crippen LogP contribution is -2.14. The molecule has 0 atom stereocenters. The van der Waals surface area contributed by atoms with E-state index in [2.05, 4.69) is 15.3 Å². The van der Waals surface area contributed by atoms with E-state index >= 15 is 0 Å². The average molecular weight is 270 g/mol. The van der Waals surface area contributed by atoms with Crippen molar-refractivity contribution in [3.05, 3.63) is 52.9 Å². The molecule has 0 bridgehead atoms. The second-order valence-corrected chi connectivity index (χ2v) is 3.71. The Hall–Kier alpha value is -2.08. The third-order valence-electron chi connectivity index (χ3n) is 2.01. The van der Waals surface area contributed by atoms with Crippen LogP contribution in [0, 0.1) is 11.6 Å². The fraction of sp³-hybridized carbons (Fsp3) is 0. The Labute approximate surface area is 106 Å². The number of aromatic nitrogens is 2. The van der Waals surface area contributed by atoms with Crippen LogP contribution >= 0.6 is 11.6 Å². The highest BCUT2D eigenvalue weighted by Crippen LogP contribution is 2.14. The molecule has 0 spiro atoms. The number of amides is 1. The number of carbonyl (C=O) groups is 1. The topological polar surface area (TPSA) is 54.9 Å². The molecule has 0 fully saturated rings. The molecule has 2 heterocycles. The van der Waals surface area contributed by atoms with Crippen LogP contribution in [0.15, 0.2) is 30.6 Å². The zero-order chi connectivity index (χ0) is 13.1. The predicted molar refractivity (Wildman–Crippen MR) is 61.4 cm³/mol. The predicted octanol–water partition coefficient (Wildman–Crippen LogP) is 2.66. The first-order valence-corrected chi connectivity index (χ1v) is 5.18. The van der Waals surface area contributed by atoms with Crippen LogP contribution in [0.5, 0.6) is 0 Å². The maximum atomic E-state index is 12.9. The standard InChI is InChI=1S/C11H6ClF2N3O/c12-7-3-9(15-5-8(7)14)11(18)17-10-2-1-6(13)4-16-10/h1-5H,(H,16,17,18). The highest BCUT2D eigenvalue weighted by atomic mass is 35.5. The number of carbonyl (C=O) groups excluding carboxylic acids is 1. The van der Waals surface area contributed by atoms with E-state index in [0.29, 0.717) is 0 Å². The Bertz CT molecular complexity index is 589. The first-order valence-electron chi connectivity index (χ1n) is 4.80. The molecule has 2 aromatic rings. The maximum absolute atomic E-state index is 12.9. The molecule has 0 radical (unpaired) electrons. The number of rotatable bonds is 2. The second-order valence-electron chi connectivity index (χ2n) is 3.30. The zero-order valence-electron chi connectivity index (χ0n) is 8.82. The summed E-state index contributed by atoms with van der Waals surface area (Å²) in [7, 11) is 0. The summed E-state index contributed by atoms with van der Waals surface area (Å²) in [5.41, 5.74) is -0.0625. The molecular weight excluding hydrogens is 264 g/mol. The smallest absolute Gasteiger partial charge is 0.275 e. The van der Waals surface area contributed by atoms with Crippen molar-refractivity contribution in [3.8, 4) is 0 Å². The van der Waals surface area contributed by atoms with E-state index in [-0.39, 0.29) is 16.5 Å². The molecule has 2 rings (SSSR count). The highest BCUT2D eigenvalue weighted by Gasteiger charge is 2.11. The number of hydrogen-bond donors (Lipinski definition) is 1. The van der Waals surface area contributed by atoms with Gasteiger partial charge in [0.25, 0.3) is 5.91 Å². The van der Waals surface area contributed by atoms with Gasteiger partial charge in [-0.15, -0.1) is 0 Å². The number of pyridine rings is 2. The number of nitrogens with one attached hydrogen (secondary N) is 1. The number of anilines is 1. The molecule has 7 heteroatoms. The molecular formula is C11H6ClF2N3O. The first-order chi connectivity index (χ1) is 8.56. The fourth-order valence-electron chi connectivity index (χ4n) is 1.17. The van der Waals surface area contributed by atoms with Gasteiger partial charge in [-0.3, -0.25) is 4.79 Å². The van der Waals surface area contributed by atoms with E-state index in [0.717, 1.165) is 24.5 Å². The van der Waals surface area contributed by atoms with Gasteiger partial charge in [-0.05, 0) is 18.2 Å². The molecule has 1 N–H and O–H groups in total. The molecule has 0 saturated heterocycles. The third-order valence-corrected chi connectivity index (χ3v) is 2.30. The molecule has 2 aromatic heterocycles. The SMILES string of the molecule is O=C(Nc1ccc(F)cn1)c1cc(Cl)c(F)cn1. The Morgan fingerprint density at radius 1 is 1.22 bits per heavy atom. The Morgan fingerprint density at radius 2 is 2.00 bits per heavy atom. The summed E-state index contributed by atoms with van der Waals surface area (Å²) in [5, 5.41) is 2.17. The number of hydrogen-bond acceptors (Lipinski definition) is 3. The normalized spacial score (nSPS) is 10.2. The van der Waals surface area contributed by atoms with Gasteiger partial charge in [0, 0.05) is 0 Å². The van der Waals surface area contributed by atoms with Crippen LogP contribution in [0.25, 0.3) is 0 Å². The van der Waals surface area contributed by atoms with Gasteiger partial charge in [-0.1, -0.05) is 11.6 Å². The summed E-state index contributed by atoms with van der Waals surface area (Å²) in [6, 6.07) is 3.53. The van der Waals surface area contributed by atoms with E-state index < -0.39 is 17.5 Å². The minimum Gasteiger partial charge on any atom is -0.305 e. The molecule has 18 heavy (non-hydrogen) atoms. The van der Waals surface area contributed by atoms with Gasteiger partial charge in [-0.2, -0.15) is 0 Å². The van der Waals surface area contributed by atoms with Gasteiger partial charge in [-0.25, -0.2) is 18.7 Å². The van der Waals surface area contributed by atoms with Crippen molar-refractivity contribution >= 4 is 23.3 Å². The largest absolute Gasteiger partial charge is 0.305 e. The molecule has 92 valence electrons. The molecule has 4 nitrogen and oxygen atoms in total. The van der Waals surface area contributed by atoms with Crippen LogP contribution in [0.1, 0.15) is 10.5 Å². The fourth-order valence-corrected chi connectivity index (χ4v) is 1.32. The zero-order valence-corrected chi connectivity index (χ0v) is 9.58. The van der Waals surface area contributed by atoms with Gasteiger partial charge in [0.05, 0.1) is 17.4 Å². The Kier molecular flexibility index (Phi) is 3.47. The van der Waals surface area contributed by atoms with Gasteiger partial charge >= 0.3 is 0 Å². The summed E-state index contributed by atoms with van der Waals surface area (Å²) >= 11 is 5.52. The summed E-state index contributed by atoms with van der Waals surface area (Å²) in [6.07, 6.45) is 1.80. The van der Waals surface area contributed by atoms with Crippen LogP contribution in [-0.4, -0.2) is 15.9 Å². The minimum absolute atomic E-state index is 0.0625. The quantitative estimate of drug-likeness (QED) is 0.912. The van der Waals surface area contributed by atoms with Crippen molar-refractivity contribution < 1.29 is 13.6 Å². The molecule has 0 aromatic carbocycles. The summed E-state index contributed by atoms with van der Waals surface area (Å²) in [6.45, 7) is 0. The molecule has 0 unspecified atom stereocenters. The van der Waals surface area contributed by atoms with Crippen LogP contribution in [0.3, 0.4) is 0 Å². The van der Waals surface area contributed by atoms with Crippen molar-refractivity contribution in [3.63, 3.8) is 0 Å². The lowest BCUT2D eigenvalue weighted by molar-refractivity contribution is 0.102. The lowest BCUT2D eigenvalue weighted by Gasteiger charge is -2.04. The summed E-state index contributed by atoms with van der Waals surface area (Å²) in [5.74, 6) is -1.69. The molecule has 0 aliphatic heterocycles. The van der Waals surface area contributed by atoms with Crippen molar-refractivity contribution in [2.24, 2.45) is 0 Å². The number of halogens is 3. The highest BCUT2D eigenvalue weighted by molar-refractivity contribution is 6.31. The lowest BCUT2D eigenvalue weighted by atomic mass is 10.3. The second kappa shape index (κ2) is 5.05. The number of nitrogens with zero attached hydrogens (tertiary/aromatic N) is 2. The van der Waals surface area contributed by atoms with Crippen LogP contribution in [0.4, 0.5) is 14.6 Å². The molecule has 0 aliphatic rings. The molecule has 0 aliphatic carbocycles. The van der Waals surface area contributed by atoms with Gasteiger partial charge < -0.3 is 5.32 Å². The van der Waals surface area contributed by atoms with Crippen molar-refractivity contribution in [2.45, 2.75) is 0 Å². The van der Waals surface area contributed by atoms with E-state index in [1.54, 1.807) is 0 Å². The van der Waals surface area contributed by atoms with Crippen molar-refractivity contribution in [1.82, 2.24) is 9.97 Å². The van der Waals surface area contributed by atoms with E-state index in [9.17, 15) is 13.6 Å². The summed E-state index contributed by atoms with van der Waals surface area (Å²) < 4.78 is 25.5. The van der Waals surface area contributed by atoms with Gasteiger partial charge in [0.15, 0.2) is 5.82 Å². The Morgan fingerprint density at radius 3 is 2.61 bits per heavy atom. The van der Waals surface area contributed by atoms with Crippen LogP contribution in [0.2, 0.25) is 5.02 Å². The van der Waals surface area contributed by atoms with E-state index in [4.69, 9.17) is 11.6 Å². The van der Waals surface area contributed by atoms with Crippen molar-refractivity contribution in [1.29, 1.82) is 0 Å². The average Bonchev–Trinajstić information content (AvgIpc) is 2.35. The van der Waals surface area contributed by atoms with Gasteiger partial charge in [0.2, 0.25) is 0 Å². The minimum atomic E-state index is -0.715.